The van der Waals surface area contributed by atoms with Crippen LogP contribution in [0.5, 0.6) is 0 Å². The number of carbonyl (C=O) groups excluding carboxylic acids is 2. The fraction of sp³-hybridized carbons (Fsp3) is 0.348. The summed E-state index contributed by atoms with van der Waals surface area (Å²) in [5, 5.41) is 3.12. The number of fused-ring (bicyclic) bond motifs is 1. The fourth-order valence-electron chi connectivity index (χ4n) is 3.80. The number of nitrogens with zero attached hydrogens (tertiary/aromatic N) is 2. The second kappa shape index (κ2) is 8.07. The van der Waals surface area contributed by atoms with Gasteiger partial charge in [-0.15, -0.1) is 0 Å². The molecule has 0 aliphatic carbocycles. The number of aromatic amines is 1. The summed E-state index contributed by atoms with van der Waals surface area (Å²) < 4.78 is 0. The summed E-state index contributed by atoms with van der Waals surface area (Å²) in [5.74, 6) is 1.09. The van der Waals surface area contributed by atoms with Gasteiger partial charge in [-0.25, -0.2) is 4.98 Å². The summed E-state index contributed by atoms with van der Waals surface area (Å²) in [4.78, 5) is 34.3. The molecule has 2 aromatic carbocycles. The van der Waals surface area contributed by atoms with E-state index in [-0.39, 0.29) is 30.2 Å². The highest BCUT2D eigenvalue weighted by Crippen LogP contribution is 2.24. The van der Waals surface area contributed by atoms with Gasteiger partial charge in [-0.1, -0.05) is 38.1 Å². The van der Waals surface area contributed by atoms with Crippen molar-refractivity contribution in [3.05, 3.63) is 59.9 Å². The summed E-state index contributed by atoms with van der Waals surface area (Å²) in [6.07, 6.45) is 1.81. The first-order valence-corrected chi connectivity index (χ1v) is 10.1. The third kappa shape index (κ3) is 4.16. The Balaban J connectivity index is 1.43. The molecular weight excluding hydrogens is 364 g/mol. The van der Waals surface area contributed by atoms with Crippen LogP contribution in [-0.2, 0) is 16.0 Å². The van der Waals surface area contributed by atoms with E-state index in [9.17, 15) is 9.59 Å². The van der Waals surface area contributed by atoms with Gasteiger partial charge >= 0.3 is 0 Å². The minimum atomic E-state index is -0.184. The van der Waals surface area contributed by atoms with Gasteiger partial charge in [0.15, 0.2) is 0 Å². The van der Waals surface area contributed by atoms with E-state index in [1.807, 2.05) is 48.5 Å². The predicted molar refractivity (Wildman–Crippen MR) is 114 cm³/mol. The zero-order chi connectivity index (χ0) is 20.4. The van der Waals surface area contributed by atoms with Crippen molar-refractivity contribution >= 4 is 28.5 Å². The monoisotopic (exact) mass is 390 g/mol. The van der Waals surface area contributed by atoms with Gasteiger partial charge in [0.2, 0.25) is 11.8 Å². The molecule has 1 saturated heterocycles. The zero-order valence-corrected chi connectivity index (χ0v) is 16.8. The lowest BCUT2D eigenvalue weighted by atomic mass is 10.0. The zero-order valence-electron chi connectivity index (χ0n) is 16.8. The molecule has 0 spiro atoms. The van der Waals surface area contributed by atoms with Gasteiger partial charge < -0.3 is 15.2 Å². The summed E-state index contributed by atoms with van der Waals surface area (Å²) in [5.41, 5.74) is 3.69. The number of rotatable bonds is 6. The van der Waals surface area contributed by atoms with Crippen LogP contribution in [0.15, 0.2) is 48.5 Å². The molecule has 1 aromatic heterocycles. The number of para-hydroxylation sites is 2. The maximum atomic E-state index is 12.7. The van der Waals surface area contributed by atoms with Gasteiger partial charge in [0.05, 0.1) is 23.5 Å². The van der Waals surface area contributed by atoms with E-state index >= 15 is 0 Å². The number of aromatic nitrogens is 2. The predicted octanol–water partition coefficient (Wildman–Crippen LogP) is 3.75. The van der Waals surface area contributed by atoms with Crippen molar-refractivity contribution in [2.24, 2.45) is 5.92 Å². The molecule has 1 fully saturated rings. The Morgan fingerprint density at radius 2 is 1.93 bits per heavy atom. The van der Waals surface area contributed by atoms with E-state index in [0.29, 0.717) is 6.42 Å². The third-order valence-corrected chi connectivity index (χ3v) is 5.37. The van der Waals surface area contributed by atoms with Crippen LogP contribution in [0, 0.1) is 5.92 Å². The van der Waals surface area contributed by atoms with E-state index in [1.54, 1.807) is 4.90 Å². The Labute approximate surface area is 170 Å². The van der Waals surface area contributed by atoms with Gasteiger partial charge in [-0.3, -0.25) is 9.59 Å². The summed E-state index contributed by atoms with van der Waals surface area (Å²) in [6, 6.07) is 15.4. The Bertz CT molecular complexity index is 990. The standard InChI is InChI=1S/C23H26N4O2/c1-15(2)22(23-24-18-6-3-4-7-19(18)25-23)26-20(28)14-16-9-11-17(12-10-16)27-13-5-8-21(27)29/h3-4,6-7,9-12,15,22H,5,8,13-14H2,1-2H3,(H,24,25)(H,26,28). The second-order valence-electron chi connectivity index (χ2n) is 7.92. The van der Waals surface area contributed by atoms with Gasteiger partial charge in [0, 0.05) is 18.7 Å². The van der Waals surface area contributed by atoms with Crippen molar-refractivity contribution in [1.82, 2.24) is 15.3 Å². The number of benzene rings is 2. The van der Waals surface area contributed by atoms with E-state index in [4.69, 9.17) is 0 Å². The SMILES string of the molecule is CC(C)C(NC(=O)Cc1ccc(N2CCCC2=O)cc1)c1nc2ccccc2[nH]1. The first-order valence-electron chi connectivity index (χ1n) is 10.1. The number of imidazole rings is 1. The molecular formula is C23H26N4O2. The number of carbonyl (C=O) groups is 2. The number of H-pyrrole nitrogens is 1. The highest BCUT2D eigenvalue weighted by atomic mass is 16.2. The van der Waals surface area contributed by atoms with Crippen molar-refractivity contribution in [3.63, 3.8) is 0 Å². The number of anilines is 1. The quantitative estimate of drug-likeness (QED) is 0.673. The second-order valence-corrected chi connectivity index (χ2v) is 7.92. The molecule has 3 aromatic rings. The Kier molecular flexibility index (Phi) is 5.34. The highest BCUT2D eigenvalue weighted by molar-refractivity contribution is 5.95. The van der Waals surface area contributed by atoms with E-state index < -0.39 is 0 Å². The molecule has 150 valence electrons. The smallest absolute Gasteiger partial charge is 0.227 e. The number of nitrogens with one attached hydrogen (secondary N) is 2. The summed E-state index contributed by atoms with van der Waals surface area (Å²) >= 11 is 0. The average Bonchev–Trinajstić information content (AvgIpc) is 3.32. The van der Waals surface area contributed by atoms with Crippen LogP contribution in [0.25, 0.3) is 11.0 Å². The summed E-state index contributed by atoms with van der Waals surface area (Å²) in [6.45, 7) is 4.91. The molecule has 6 heteroatoms. The average molecular weight is 390 g/mol. The fourth-order valence-corrected chi connectivity index (χ4v) is 3.80. The molecule has 4 rings (SSSR count). The number of amides is 2. The number of hydrogen-bond acceptors (Lipinski definition) is 3. The van der Waals surface area contributed by atoms with Crippen molar-refractivity contribution < 1.29 is 9.59 Å². The van der Waals surface area contributed by atoms with Crippen molar-refractivity contribution in [1.29, 1.82) is 0 Å². The Morgan fingerprint density at radius 3 is 2.59 bits per heavy atom. The highest BCUT2D eigenvalue weighted by Gasteiger charge is 2.23. The maximum absolute atomic E-state index is 12.7. The lowest BCUT2D eigenvalue weighted by molar-refractivity contribution is -0.121. The molecule has 1 atom stereocenters. The van der Waals surface area contributed by atoms with E-state index in [0.717, 1.165) is 41.1 Å². The molecule has 2 heterocycles. The third-order valence-electron chi connectivity index (χ3n) is 5.37. The maximum Gasteiger partial charge on any atom is 0.227 e. The first kappa shape index (κ1) is 19.2. The molecule has 2 amide bonds. The minimum Gasteiger partial charge on any atom is -0.346 e. The van der Waals surface area contributed by atoms with Crippen LogP contribution < -0.4 is 10.2 Å². The van der Waals surface area contributed by atoms with Gasteiger partial charge in [0.25, 0.3) is 0 Å². The van der Waals surface area contributed by atoms with Crippen molar-refractivity contribution in [2.45, 2.75) is 39.2 Å². The lowest BCUT2D eigenvalue weighted by Crippen LogP contribution is -2.33. The minimum absolute atomic E-state index is 0.0471. The molecule has 0 bridgehead atoms. The van der Waals surface area contributed by atoms with Gasteiger partial charge in [-0.05, 0) is 42.2 Å². The molecule has 0 radical (unpaired) electrons. The van der Waals surface area contributed by atoms with Crippen molar-refractivity contribution in [3.8, 4) is 0 Å². The normalized spacial score (nSPS) is 15.3. The van der Waals surface area contributed by atoms with E-state index in [1.165, 1.54) is 0 Å². The molecule has 29 heavy (non-hydrogen) atoms. The van der Waals surface area contributed by atoms with Crippen LogP contribution in [-0.4, -0.2) is 28.3 Å². The molecule has 1 aliphatic heterocycles. The number of hydrogen-bond donors (Lipinski definition) is 2. The van der Waals surface area contributed by atoms with E-state index in [2.05, 4.69) is 29.1 Å². The molecule has 0 saturated carbocycles. The molecule has 1 aliphatic rings. The van der Waals surface area contributed by atoms with Crippen LogP contribution in [0.1, 0.15) is 44.1 Å². The van der Waals surface area contributed by atoms with Crippen molar-refractivity contribution in [2.75, 3.05) is 11.4 Å². The first-order chi connectivity index (χ1) is 14.0. The Morgan fingerprint density at radius 1 is 1.17 bits per heavy atom. The summed E-state index contributed by atoms with van der Waals surface area (Å²) in [7, 11) is 0. The topological polar surface area (TPSA) is 78.1 Å². The molecule has 6 nitrogen and oxygen atoms in total. The molecule has 1 unspecified atom stereocenters. The molecule has 2 N–H and O–H groups in total. The van der Waals surface area contributed by atoms with Crippen LogP contribution >= 0.6 is 0 Å². The van der Waals surface area contributed by atoms with Crippen LogP contribution in [0.3, 0.4) is 0 Å². The van der Waals surface area contributed by atoms with Crippen LogP contribution in [0.2, 0.25) is 0 Å². The van der Waals surface area contributed by atoms with Gasteiger partial charge in [0.1, 0.15) is 5.82 Å². The van der Waals surface area contributed by atoms with Gasteiger partial charge in [-0.2, -0.15) is 0 Å². The lowest BCUT2D eigenvalue weighted by Gasteiger charge is -2.20. The Hall–Kier alpha value is -3.15. The largest absolute Gasteiger partial charge is 0.346 e. The van der Waals surface area contributed by atoms with Crippen LogP contribution in [0.4, 0.5) is 5.69 Å².